The second-order valence-electron chi connectivity index (χ2n) is 7.53. The number of aromatic nitrogens is 2. The number of nitrogens with zero attached hydrogens (tertiary/aromatic N) is 2. The zero-order chi connectivity index (χ0) is 24.1. The van der Waals surface area contributed by atoms with Crippen molar-refractivity contribution < 1.29 is 46.2 Å². The van der Waals surface area contributed by atoms with Gasteiger partial charge in [0.2, 0.25) is 6.33 Å². The van der Waals surface area contributed by atoms with E-state index in [-0.39, 0.29) is 60.2 Å². The van der Waals surface area contributed by atoms with E-state index < -0.39 is 0 Å². The van der Waals surface area contributed by atoms with Crippen LogP contribution in [-0.4, -0.2) is 40.8 Å². The molecule has 10 nitrogen and oxygen atoms in total. The molecule has 0 aliphatic carbocycles. The molecule has 0 saturated carbocycles. The van der Waals surface area contributed by atoms with Crippen LogP contribution in [0.2, 0.25) is 0 Å². The zero-order valence-corrected chi connectivity index (χ0v) is 20.0. The molecule has 0 fully saturated rings. The van der Waals surface area contributed by atoms with E-state index in [0.29, 0.717) is 11.5 Å². The van der Waals surface area contributed by atoms with E-state index in [4.69, 9.17) is 9.47 Å². The van der Waals surface area contributed by atoms with Gasteiger partial charge in [0.15, 0.2) is 13.1 Å². The van der Waals surface area contributed by atoms with Gasteiger partial charge < -0.3 is 42.7 Å². The number of hydrogen-bond acceptors (Lipinski definition) is 6. The summed E-state index contributed by atoms with van der Waals surface area (Å²) in [6.07, 6.45) is 4.90. The van der Waals surface area contributed by atoms with Crippen molar-refractivity contribution in [3.8, 4) is 23.0 Å². The van der Waals surface area contributed by atoms with Gasteiger partial charge in [0.1, 0.15) is 35.4 Å². The van der Waals surface area contributed by atoms with Gasteiger partial charge in [-0.3, -0.25) is 9.59 Å². The molecule has 2 aromatic carbocycles. The molecule has 34 heavy (non-hydrogen) atoms. The number of amides is 2. The van der Waals surface area contributed by atoms with Gasteiger partial charge in [0.05, 0.1) is 25.6 Å². The summed E-state index contributed by atoms with van der Waals surface area (Å²) in [4.78, 5) is 24.8. The van der Waals surface area contributed by atoms with Gasteiger partial charge in [0.25, 0.3) is 11.8 Å². The number of carbonyl (C=O) groups excluding carboxylic acids is 2. The third kappa shape index (κ3) is 6.32. The van der Waals surface area contributed by atoms with Crippen LogP contribution in [0.3, 0.4) is 0 Å². The molecule has 4 N–H and O–H groups in total. The number of phenols is 2. The Morgan fingerprint density at radius 3 is 1.91 bits per heavy atom. The number of halogens is 1. The smallest absolute Gasteiger partial charge is 0.266 e. The molecular formula is C23H27ClN4O6. The zero-order valence-electron chi connectivity index (χ0n) is 19.3. The SMILES string of the molecule is COc1cc(NC(=O)Cn2cc[n+](CC(=O)Nc3cc(OC)c(C)cc3O)c2)c(O)cc1C.[Cl-]. The molecule has 3 rings (SSSR count). The molecule has 0 spiro atoms. The third-order valence-electron chi connectivity index (χ3n) is 4.97. The minimum absolute atomic E-state index is 0. The Hall–Kier alpha value is -3.92. The topological polar surface area (TPSA) is 126 Å². The van der Waals surface area contributed by atoms with Crippen molar-refractivity contribution in [1.29, 1.82) is 0 Å². The summed E-state index contributed by atoms with van der Waals surface area (Å²) in [5, 5.41) is 25.4. The van der Waals surface area contributed by atoms with Crippen LogP contribution in [0.25, 0.3) is 0 Å². The highest BCUT2D eigenvalue weighted by Gasteiger charge is 2.16. The number of ether oxygens (including phenoxy) is 2. The molecule has 1 heterocycles. The molecule has 0 radical (unpaired) electrons. The number of nitrogens with one attached hydrogen (secondary N) is 2. The van der Waals surface area contributed by atoms with Crippen LogP contribution in [0.4, 0.5) is 11.4 Å². The number of carbonyl (C=O) groups is 2. The molecule has 0 bridgehead atoms. The Labute approximate surface area is 203 Å². The first-order chi connectivity index (χ1) is 15.7. The molecular weight excluding hydrogens is 464 g/mol. The third-order valence-corrected chi connectivity index (χ3v) is 4.97. The first kappa shape index (κ1) is 26.3. The van der Waals surface area contributed by atoms with Crippen LogP contribution in [0.5, 0.6) is 23.0 Å². The van der Waals surface area contributed by atoms with E-state index in [2.05, 4.69) is 10.6 Å². The molecule has 0 atom stereocenters. The Morgan fingerprint density at radius 1 is 0.912 bits per heavy atom. The number of benzene rings is 2. The maximum atomic E-state index is 12.4. The van der Waals surface area contributed by atoms with Crippen LogP contribution in [-0.2, 0) is 22.7 Å². The second kappa shape index (κ2) is 11.3. The van der Waals surface area contributed by atoms with Crippen molar-refractivity contribution >= 4 is 23.2 Å². The molecule has 1 aromatic heterocycles. The lowest BCUT2D eigenvalue weighted by molar-refractivity contribution is -0.683. The van der Waals surface area contributed by atoms with Crippen LogP contribution in [0.15, 0.2) is 43.0 Å². The molecule has 0 aliphatic heterocycles. The monoisotopic (exact) mass is 490 g/mol. The van der Waals surface area contributed by atoms with Crippen LogP contribution < -0.4 is 37.1 Å². The molecule has 0 unspecified atom stereocenters. The van der Waals surface area contributed by atoms with Gasteiger partial charge in [-0.1, -0.05) is 0 Å². The Balaban J connectivity index is 0.00000408. The lowest BCUT2D eigenvalue weighted by atomic mass is 10.2. The van der Waals surface area contributed by atoms with Gasteiger partial charge >= 0.3 is 0 Å². The normalized spacial score (nSPS) is 10.2. The summed E-state index contributed by atoms with van der Waals surface area (Å²) < 4.78 is 13.6. The number of methoxy groups -OCH3 is 2. The maximum absolute atomic E-state index is 12.4. The highest BCUT2D eigenvalue weighted by molar-refractivity contribution is 5.93. The molecule has 11 heteroatoms. The van der Waals surface area contributed by atoms with Crippen molar-refractivity contribution in [2.75, 3.05) is 24.9 Å². The number of rotatable bonds is 8. The van der Waals surface area contributed by atoms with Crippen molar-refractivity contribution in [2.24, 2.45) is 0 Å². The minimum atomic E-state index is -0.361. The summed E-state index contributed by atoms with van der Waals surface area (Å²) in [6, 6.07) is 6.13. The summed E-state index contributed by atoms with van der Waals surface area (Å²) in [5.74, 6) is 0.254. The molecule has 182 valence electrons. The largest absolute Gasteiger partial charge is 1.00 e. The van der Waals surface area contributed by atoms with E-state index >= 15 is 0 Å². The van der Waals surface area contributed by atoms with E-state index in [0.717, 1.165) is 11.1 Å². The summed E-state index contributed by atoms with van der Waals surface area (Å²) in [5.41, 5.74) is 1.98. The van der Waals surface area contributed by atoms with Crippen molar-refractivity contribution in [1.82, 2.24) is 4.57 Å². The predicted octanol–water partition coefficient (Wildman–Crippen LogP) is -0.898. The van der Waals surface area contributed by atoms with Crippen molar-refractivity contribution in [3.05, 3.63) is 54.1 Å². The van der Waals surface area contributed by atoms with Crippen LogP contribution in [0, 0.1) is 13.8 Å². The Bertz CT molecular complexity index is 1100. The molecule has 3 aromatic rings. The quantitative estimate of drug-likeness (QED) is 0.239. The average molecular weight is 491 g/mol. The van der Waals surface area contributed by atoms with Crippen LogP contribution in [0.1, 0.15) is 11.1 Å². The molecule has 0 saturated heterocycles. The fourth-order valence-electron chi connectivity index (χ4n) is 3.32. The lowest BCUT2D eigenvalue weighted by Crippen LogP contribution is -3.00. The van der Waals surface area contributed by atoms with Gasteiger partial charge in [0, 0.05) is 12.1 Å². The van der Waals surface area contributed by atoms with E-state index in [9.17, 15) is 19.8 Å². The Kier molecular flexibility index (Phi) is 8.74. The maximum Gasteiger partial charge on any atom is 0.266 e. The molecule has 2 amide bonds. The van der Waals surface area contributed by atoms with Crippen molar-refractivity contribution in [2.45, 2.75) is 26.9 Å². The standard InChI is InChI=1S/C23H26N4O6.ClH/c1-14-7-18(28)16(9-20(14)32-3)24-22(30)11-26-5-6-27(13-26)12-23(31)25-17-10-21(33-4)15(2)8-19(17)29;/h5-10,13H,11-12H2,1-4H3,(H3-,24,25,28,29,30,31);1H. The highest BCUT2D eigenvalue weighted by Crippen LogP contribution is 2.32. The number of phenolic OH excluding ortho intramolecular Hbond substituents is 2. The highest BCUT2D eigenvalue weighted by atomic mass is 35.5. The van der Waals surface area contributed by atoms with Gasteiger partial charge in [-0.15, -0.1) is 0 Å². The number of aromatic hydroxyl groups is 2. The van der Waals surface area contributed by atoms with E-state index in [1.54, 1.807) is 53.8 Å². The number of imidazole rings is 1. The van der Waals surface area contributed by atoms with Gasteiger partial charge in [-0.25, -0.2) is 9.13 Å². The lowest BCUT2D eigenvalue weighted by Gasteiger charge is -2.11. The first-order valence-corrected chi connectivity index (χ1v) is 10.1. The average Bonchev–Trinajstić information content (AvgIpc) is 3.18. The number of anilines is 2. The van der Waals surface area contributed by atoms with Gasteiger partial charge in [-0.05, 0) is 37.1 Å². The number of hydrogen-bond donors (Lipinski definition) is 4. The minimum Gasteiger partial charge on any atom is -1.00 e. The van der Waals surface area contributed by atoms with E-state index in [1.807, 2.05) is 0 Å². The van der Waals surface area contributed by atoms with E-state index in [1.165, 1.54) is 26.4 Å². The fraction of sp³-hybridized carbons (Fsp3) is 0.261. The first-order valence-electron chi connectivity index (χ1n) is 10.1. The van der Waals surface area contributed by atoms with Gasteiger partial charge in [-0.2, -0.15) is 0 Å². The summed E-state index contributed by atoms with van der Waals surface area (Å²) in [7, 11) is 3.02. The molecule has 0 aliphatic rings. The Morgan fingerprint density at radius 2 is 1.41 bits per heavy atom. The predicted molar refractivity (Wildman–Crippen MR) is 121 cm³/mol. The number of aryl methyl sites for hydroxylation is 2. The van der Waals surface area contributed by atoms with Crippen LogP contribution >= 0.6 is 0 Å². The fourth-order valence-corrected chi connectivity index (χ4v) is 3.32. The summed E-state index contributed by atoms with van der Waals surface area (Å²) >= 11 is 0. The van der Waals surface area contributed by atoms with Crippen molar-refractivity contribution in [3.63, 3.8) is 0 Å². The second-order valence-corrected chi connectivity index (χ2v) is 7.53. The summed E-state index contributed by atoms with van der Waals surface area (Å²) in [6.45, 7) is 3.52.